The molecule has 0 aromatic heterocycles. The average Bonchev–Trinajstić information content (AvgIpc) is 2.10. The summed E-state index contributed by atoms with van der Waals surface area (Å²) in [5.41, 5.74) is -2.65. The molecule has 0 radical (unpaired) electrons. The number of carbonyl (C=O) groups is 1. The van der Waals surface area contributed by atoms with Crippen LogP contribution in [0.3, 0.4) is 0 Å². The summed E-state index contributed by atoms with van der Waals surface area (Å²) in [6.07, 6.45) is -4.21. The van der Waals surface area contributed by atoms with Gasteiger partial charge in [0, 0.05) is 6.42 Å². The van der Waals surface area contributed by atoms with Crippen molar-refractivity contribution in [1.29, 1.82) is 0 Å². The number of ether oxygens (including phenoxy) is 1. The van der Waals surface area contributed by atoms with E-state index in [0.29, 0.717) is 0 Å². The van der Waals surface area contributed by atoms with Crippen molar-refractivity contribution >= 4 is 5.97 Å². The van der Waals surface area contributed by atoms with Crippen LogP contribution in [0.25, 0.3) is 0 Å². The van der Waals surface area contributed by atoms with Crippen molar-refractivity contribution < 1.29 is 22.7 Å². The first kappa shape index (κ1) is 14.0. The Hall–Kier alpha value is -1.04. The Balaban J connectivity index is 5.47. The first-order chi connectivity index (χ1) is 6.74. The molecule has 0 spiro atoms. The van der Waals surface area contributed by atoms with Crippen LogP contribution in [0, 0.1) is 0 Å². The molecule has 0 aromatic carbocycles. The fourth-order valence-corrected chi connectivity index (χ4v) is 1.31. The maximum atomic E-state index is 12.9. The monoisotopic (exact) mass is 225 g/mol. The Morgan fingerprint density at radius 3 is 2.13 bits per heavy atom. The van der Waals surface area contributed by atoms with Crippen molar-refractivity contribution in [2.24, 2.45) is 0 Å². The standard InChI is InChI=1S/C9H14F3NO2/c1-5-6-8(13(2)3,7(14)15-4)9(10,11)12/h5H,1,6H2,2-4H3. The van der Waals surface area contributed by atoms with Crippen molar-refractivity contribution in [2.45, 2.75) is 18.1 Å². The third kappa shape index (κ3) is 2.31. The second kappa shape index (κ2) is 4.65. The Labute approximate surface area is 86.5 Å². The van der Waals surface area contributed by atoms with Gasteiger partial charge in [-0.15, -0.1) is 6.58 Å². The molecule has 1 atom stereocenters. The van der Waals surface area contributed by atoms with Gasteiger partial charge in [-0.1, -0.05) is 6.08 Å². The molecule has 0 amide bonds. The van der Waals surface area contributed by atoms with E-state index in [-0.39, 0.29) is 0 Å². The zero-order valence-corrected chi connectivity index (χ0v) is 8.89. The number of hydrogen-bond donors (Lipinski definition) is 0. The molecule has 88 valence electrons. The summed E-state index contributed by atoms with van der Waals surface area (Å²) in [5.74, 6) is -1.33. The van der Waals surface area contributed by atoms with Gasteiger partial charge in [0.1, 0.15) is 0 Å². The van der Waals surface area contributed by atoms with Gasteiger partial charge in [-0.05, 0) is 14.1 Å². The van der Waals surface area contributed by atoms with Crippen LogP contribution in [0.15, 0.2) is 12.7 Å². The first-order valence-electron chi connectivity index (χ1n) is 4.17. The summed E-state index contributed by atoms with van der Waals surface area (Å²) in [7, 11) is 3.28. The number of halogens is 3. The molecule has 0 fully saturated rings. The van der Waals surface area contributed by atoms with E-state index >= 15 is 0 Å². The topological polar surface area (TPSA) is 29.5 Å². The van der Waals surface area contributed by atoms with Gasteiger partial charge in [0.2, 0.25) is 5.54 Å². The fourth-order valence-electron chi connectivity index (χ4n) is 1.31. The second-order valence-electron chi connectivity index (χ2n) is 3.24. The SMILES string of the molecule is C=CCC(C(=O)OC)(N(C)C)C(F)(F)F. The van der Waals surface area contributed by atoms with Gasteiger partial charge in [0.15, 0.2) is 0 Å². The van der Waals surface area contributed by atoms with Crippen molar-refractivity contribution in [2.75, 3.05) is 21.2 Å². The zero-order chi connectivity index (χ0) is 12.3. The first-order valence-corrected chi connectivity index (χ1v) is 4.17. The molecule has 0 aliphatic rings. The van der Waals surface area contributed by atoms with E-state index in [9.17, 15) is 18.0 Å². The number of alkyl halides is 3. The maximum Gasteiger partial charge on any atom is 0.417 e. The van der Waals surface area contributed by atoms with Crippen LogP contribution < -0.4 is 0 Å². The maximum absolute atomic E-state index is 12.9. The summed E-state index contributed by atoms with van der Waals surface area (Å²) < 4.78 is 42.8. The molecule has 0 aliphatic heterocycles. The van der Waals surface area contributed by atoms with Crippen LogP contribution in [0.5, 0.6) is 0 Å². The molecular formula is C9H14F3NO2. The number of likely N-dealkylation sites (N-methyl/N-ethyl adjacent to an activating group) is 1. The molecule has 0 bridgehead atoms. The minimum atomic E-state index is -4.71. The Morgan fingerprint density at radius 2 is 1.93 bits per heavy atom. The Morgan fingerprint density at radius 1 is 1.47 bits per heavy atom. The lowest BCUT2D eigenvalue weighted by atomic mass is 9.93. The van der Waals surface area contributed by atoms with Gasteiger partial charge >= 0.3 is 12.1 Å². The number of rotatable bonds is 4. The Bertz CT molecular complexity index is 250. The van der Waals surface area contributed by atoms with E-state index < -0.39 is 24.1 Å². The smallest absolute Gasteiger partial charge is 0.417 e. The van der Waals surface area contributed by atoms with Crippen LogP contribution in [0.4, 0.5) is 13.2 Å². The van der Waals surface area contributed by atoms with Gasteiger partial charge in [-0.3, -0.25) is 4.90 Å². The molecule has 0 aliphatic carbocycles. The summed E-state index contributed by atoms with van der Waals surface area (Å²) in [4.78, 5) is 12.1. The van der Waals surface area contributed by atoms with Gasteiger partial charge in [-0.2, -0.15) is 13.2 Å². The summed E-state index contributed by atoms with van der Waals surface area (Å²) in [5, 5.41) is 0. The third-order valence-corrected chi connectivity index (χ3v) is 2.20. The molecule has 0 saturated carbocycles. The molecular weight excluding hydrogens is 211 g/mol. The van der Waals surface area contributed by atoms with E-state index in [1.54, 1.807) is 0 Å². The van der Waals surface area contributed by atoms with Gasteiger partial charge in [-0.25, -0.2) is 4.79 Å². The van der Waals surface area contributed by atoms with Crippen LogP contribution in [0.1, 0.15) is 6.42 Å². The number of esters is 1. The van der Waals surface area contributed by atoms with Crippen LogP contribution in [-0.2, 0) is 9.53 Å². The molecule has 0 heterocycles. The lowest BCUT2D eigenvalue weighted by Crippen LogP contribution is -2.61. The van der Waals surface area contributed by atoms with Gasteiger partial charge < -0.3 is 4.74 Å². The summed E-state index contributed by atoms with van der Waals surface area (Å²) >= 11 is 0. The van der Waals surface area contributed by atoms with Crippen LogP contribution in [-0.4, -0.2) is 43.8 Å². The highest BCUT2D eigenvalue weighted by atomic mass is 19.4. The third-order valence-electron chi connectivity index (χ3n) is 2.20. The fraction of sp³-hybridized carbons (Fsp3) is 0.667. The van der Waals surface area contributed by atoms with Crippen molar-refractivity contribution in [1.82, 2.24) is 4.90 Å². The van der Waals surface area contributed by atoms with Gasteiger partial charge in [0.25, 0.3) is 0 Å². The highest BCUT2D eigenvalue weighted by molar-refractivity contribution is 5.82. The molecule has 0 saturated heterocycles. The molecule has 15 heavy (non-hydrogen) atoms. The van der Waals surface area contributed by atoms with Crippen molar-refractivity contribution in [3.8, 4) is 0 Å². The van der Waals surface area contributed by atoms with Crippen LogP contribution in [0.2, 0.25) is 0 Å². The van der Waals surface area contributed by atoms with Crippen molar-refractivity contribution in [3.63, 3.8) is 0 Å². The number of methoxy groups -OCH3 is 1. The predicted molar refractivity (Wildman–Crippen MR) is 49.3 cm³/mol. The largest absolute Gasteiger partial charge is 0.467 e. The normalized spacial score (nSPS) is 15.9. The lowest BCUT2D eigenvalue weighted by Gasteiger charge is -2.37. The summed E-state index contributed by atoms with van der Waals surface area (Å²) in [6.45, 7) is 3.22. The lowest BCUT2D eigenvalue weighted by molar-refractivity contribution is -0.232. The van der Waals surface area contributed by atoms with E-state index in [1.165, 1.54) is 14.1 Å². The molecule has 3 nitrogen and oxygen atoms in total. The molecule has 1 unspecified atom stereocenters. The summed E-state index contributed by atoms with van der Waals surface area (Å²) in [6, 6.07) is 0. The van der Waals surface area contributed by atoms with E-state index in [0.717, 1.165) is 18.1 Å². The Kier molecular flexibility index (Phi) is 4.33. The zero-order valence-electron chi connectivity index (χ0n) is 8.89. The van der Waals surface area contributed by atoms with E-state index in [1.807, 2.05) is 0 Å². The van der Waals surface area contributed by atoms with Crippen molar-refractivity contribution in [3.05, 3.63) is 12.7 Å². The molecule has 0 aromatic rings. The number of carbonyl (C=O) groups excluding carboxylic acids is 1. The van der Waals surface area contributed by atoms with E-state index in [2.05, 4.69) is 11.3 Å². The van der Waals surface area contributed by atoms with Gasteiger partial charge in [0.05, 0.1) is 7.11 Å². The second-order valence-corrected chi connectivity index (χ2v) is 3.24. The average molecular weight is 225 g/mol. The molecule has 0 rings (SSSR count). The molecule has 0 N–H and O–H groups in total. The van der Waals surface area contributed by atoms with E-state index in [4.69, 9.17) is 0 Å². The van der Waals surface area contributed by atoms with Crippen LogP contribution >= 0.6 is 0 Å². The predicted octanol–water partition coefficient (Wildman–Crippen LogP) is 1.60. The number of hydrogen-bond acceptors (Lipinski definition) is 3. The quantitative estimate of drug-likeness (QED) is 0.537. The number of nitrogens with zero attached hydrogens (tertiary/aromatic N) is 1. The minimum absolute atomic E-state index is 0.545. The minimum Gasteiger partial charge on any atom is -0.467 e. The molecule has 6 heteroatoms. The highest BCUT2D eigenvalue weighted by Crippen LogP contribution is 2.38. The highest BCUT2D eigenvalue weighted by Gasteiger charge is 2.62.